The zero-order valence-electron chi connectivity index (χ0n) is 50.4. The number of unbranched alkanes of at least 4 members (excludes halogenated alkanes) is 29. The third-order valence-corrected chi connectivity index (χ3v) is 13.8. The molecule has 1 atom stereocenters. The molecule has 77 heavy (non-hydrogen) atoms. The molecule has 0 bridgehead atoms. The van der Waals surface area contributed by atoms with Crippen LogP contribution in [0.3, 0.4) is 0 Å². The normalized spacial score (nSPS) is 12.8. The fourth-order valence-electron chi connectivity index (χ4n) is 8.91. The number of carbonyl (C=O) groups is 3. The molecule has 0 aliphatic heterocycles. The zero-order chi connectivity index (χ0) is 55.7. The lowest BCUT2D eigenvalue weighted by atomic mass is 10.0. The highest BCUT2D eigenvalue weighted by atomic mass is 16.6. The lowest BCUT2D eigenvalue weighted by Gasteiger charge is -2.18. The van der Waals surface area contributed by atoms with E-state index in [0.29, 0.717) is 19.3 Å². The van der Waals surface area contributed by atoms with Crippen LogP contribution in [0.15, 0.2) is 109 Å². The average Bonchev–Trinajstić information content (AvgIpc) is 3.43. The highest BCUT2D eigenvalue weighted by Gasteiger charge is 2.19. The van der Waals surface area contributed by atoms with Gasteiger partial charge in [0.2, 0.25) is 0 Å². The van der Waals surface area contributed by atoms with Crippen LogP contribution in [-0.2, 0) is 28.6 Å². The van der Waals surface area contributed by atoms with Gasteiger partial charge >= 0.3 is 17.9 Å². The smallest absolute Gasteiger partial charge is 0.306 e. The van der Waals surface area contributed by atoms with E-state index < -0.39 is 6.10 Å². The van der Waals surface area contributed by atoms with E-state index in [-0.39, 0.29) is 31.1 Å². The minimum absolute atomic E-state index is 0.0823. The van der Waals surface area contributed by atoms with Crippen LogP contribution in [0.1, 0.15) is 303 Å². The van der Waals surface area contributed by atoms with E-state index in [2.05, 4.69) is 130 Å². The van der Waals surface area contributed by atoms with Crippen molar-refractivity contribution in [1.82, 2.24) is 0 Å². The van der Waals surface area contributed by atoms with E-state index in [1.807, 2.05) is 0 Å². The van der Waals surface area contributed by atoms with Gasteiger partial charge in [-0.05, 0) is 103 Å². The van der Waals surface area contributed by atoms with Gasteiger partial charge in [-0.2, -0.15) is 0 Å². The Labute approximate surface area is 476 Å². The maximum Gasteiger partial charge on any atom is 0.306 e. The number of hydrogen-bond donors (Lipinski definition) is 0. The van der Waals surface area contributed by atoms with E-state index in [4.69, 9.17) is 14.2 Å². The van der Waals surface area contributed by atoms with Gasteiger partial charge in [-0.3, -0.25) is 14.4 Å². The molecule has 0 aromatic heterocycles. The quantitative estimate of drug-likeness (QED) is 0.0261. The third kappa shape index (κ3) is 62.8. The lowest BCUT2D eigenvalue weighted by molar-refractivity contribution is -0.167. The minimum Gasteiger partial charge on any atom is -0.462 e. The van der Waals surface area contributed by atoms with Crippen LogP contribution in [0, 0.1) is 0 Å². The SMILES string of the molecule is CC/C=C\C/C=C\C/C=C\C/C=C\C/C=C\C/C=C\C/C=C\C/C=C\CCCCCCCCCCC(=O)OCC(COC(=O)CCCCCCC/C=C\CCCC)OC(=O)CCCCCCCCCCCCCCCCC. The van der Waals surface area contributed by atoms with Crippen molar-refractivity contribution in [3.63, 3.8) is 0 Å². The van der Waals surface area contributed by atoms with Gasteiger partial charge in [0, 0.05) is 19.3 Å². The molecule has 6 heteroatoms. The summed E-state index contributed by atoms with van der Waals surface area (Å²) < 4.78 is 16.9. The van der Waals surface area contributed by atoms with Gasteiger partial charge in [-0.25, -0.2) is 0 Å². The third-order valence-electron chi connectivity index (χ3n) is 13.8. The molecule has 0 radical (unpaired) electrons. The predicted octanol–water partition coefficient (Wildman–Crippen LogP) is 22.2. The molecule has 1 unspecified atom stereocenters. The van der Waals surface area contributed by atoms with Crippen molar-refractivity contribution < 1.29 is 28.6 Å². The van der Waals surface area contributed by atoms with E-state index in [9.17, 15) is 14.4 Å². The molecule has 0 aromatic carbocycles. The van der Waals surface area contributed by atoms with Crippen LogP contribution in [0.25, 0.3) is 0 Å². The van der Waals surface area contributed by atoms with Crippen molar-refractivity contribution >= 4 is 17.9 Å². The molecule has 0 saturated carbocycles. The van der Waals surface area contributed by atoms with Gasteiger partial charge in [0.15, 0.2) is 6.10 Å². The van der Waals surface area contributed by atoms with Crippen LogP contribution in [-0.4, -0.2) is 37.2 Å². The summed E-state index contributed by atoms with van der Waals surface area (Å²) in [6.45, 7) is 6.49. The number of ether oxygens (including phenoxy) is 3. The van der Waals surface area contributed by atoms with Crippen molar-refractivity contribution in [3.05, 3.63) is 109 Å². The Kier molecular flexibility index (Phi) is 61.3. The highest BCUT2D eigenvalue weighted by molar-refractivity contribution is 5.71. The molecule has 0 fully saturated rings. The molecule has 6 nitrogen and oxygen atoms in total. The fourth-order valence-corrected chi connectivity index (χ4v) is 8.91. The van der Waals surface area contributed by atoms with Gasteiger partial charge in [0.05, 0.1) is 0 Å². The molecule has 0 saturated heterocycles. The van der Waals surface area contributed by atoms with Crippen molar-refractivity contribution in [1.29, 1.82) is 0 Å². The summed E-state index contributed by atoms with van der Waals surface area (Å²) in [4.78, 5) is 38.2. The zero-order valence-corrected chi connectivity index (χ0v) is 50.4. The summed E-state index contributed by atoms with van der Waals surface area (Å²) in [5.41, 5.74) is 0. The molecular formula is C71H120O6. The first-order chi connectivity index (χ1) is 38.0. The van der Waals surface area contributed by atoms with Gasteiger partial charge < -0.3 is 14.2 Å². The molecule has 0 aromatic rings. The topological polar surface area (TPSA) is 78.9 Å². The van der Waals surface area contributed by atoms with Crippen LogP contribution in [0.4, 0.5) is 0 Å². The van der Waals surface area contributed by atoms with Crippen LogP contribution in [0.5, 0.6) is 0 Å². The second kappa shape index (κ2) is 64.6. The maximum atomic E-state index is 12.9. The predicted molar refractivity (Wildman–Crippen MR) is 334 cm³/mol. The first-order valence-electron chi connectivity index (χ1n) is 32.4. The molecule has 0 N–H and O–H groups in total. The number of esters is 3. The average molecular weight is 1070 g/mol. The summed E-state index contributed by atoms with van der Waals surface area (Å²) >= 11 is 0. The van der Waals surface area contributed by atoms with Crippen LogP contribution < -0.4 is 0 Å². The molecule has 0 rings (SSSR count). The summed E-state index contributed by atoms with van der Waals surface area (Å²) in [5, 5.41) is 0. The highest BCUT2D eigenvalue weighted by Crippen LogP contribution is 2.16. The molecule has 0 aliphatic carbocycles. The lowest BCUT2D eigenvalue weighted by Crippen LogP contribution is -2.30. The number of carbonyl (C=O) groups excluding carboxylic acids is 3. The van der Waals surface area contributed by atoms with Crippen molar-refractivity contribution in [3.8, 4) is 0 Å². The van der Waals surface area contributed by atoms with E-state index in [1.54, 1.807) is 0 Å². The van der Waals surface area contributed by atoms with Crippen molar-refractivity contribution in [2.24, 2.45) is 0 Å². The Bertz CT molecular complexity index is 1560. The number of allylic oxidation sites excluding steroid dienone is 18. The Morgan fingerprint density at radius 2 is 0.519 bits per heavy atom. The van der Waals surface area contributed by atoms with Crippen molar-refractivity contribution in [2.45, 2.75) is 309 Å². The van der Waals surface area contributed by atoms with Crippen LogP contribution >= 0.6 is 0 Å². The summed E-state index contributed by atoms with van der Waals surface area (Å²) in [7, 11) is 0. The second-order valence-corrected chi connectivity index (χ2v) is 21.3. The Hall–Kier alpha value is -3.93. The molecular weight excluding hydrogens is 949 g/mol. The van der Waals surface area contributed by atoms with E-state index in [1.165, 1.54) is 141 Å². The number of hydrogen-bond acceptors (Lipinski definition) is 6. The molecule has 0 amide bonds. The van der Waals surface area contributed by atoms with Crippen LogP contribution in [0.2, 0.25) is 0 Å². The van der Waals surface area contributed by atoms with Gasteiger partial charge in [0.25, 0.3) is 0 Å². The number of rotatable bonds is 58. The largest absolute Gasteiger partial charge is 0.462 e. The molecule has 440 valence electrons. The Morgan fingerprint density at radius 1 is 0.273 bits per heavy atom. The maximum absolute atomic E-state index is 12.9. The molecule has 0 spiro atoms. The summed E-state index contributed by atoms with van der Waals surface area (Å²) in [6.07, 6.45) is 88.2. The standard InChI is InChI=1S/C71H120O6/c1-4-7-10-13-16-19-22-24-26-27-28-29-30-31-32-33-34-35-36-37-38-39-40-41-42-43-45-46-49-52-55-58-61-64-70(73)76-67-68(66-75-69(72)63-60-57-54-51-48-21-18-15-12-9-6-3)77-71(74)65-62-59-56-53-50-47-44-25-23-20-17-14-11-8-5-2/h7,10,15-16,18-19,24,26,28-29,31-32,34-35,37-38,40-41,68H,4-6,8-9,11-14,17,20-23,25,27,30,33,36,39,42-67H2,1-3H3/b10-7-,18-15-,19-16-,26-24-,29-28-,32-31-,35-34-,38-37-,41-40-. The Balaban J connectivity index is 4.22. The second-order valence-electron chi connectivity index (χ2n) is 21.3. The molecule has 0 aliphatic rings. The fraction of sp³-hybridized carbons (Fsp3) is 0.704. The monoisotopic (exact) mass is 1070 g/mol. The van der Waals surface area contributed by atoms with Gasteiger partial charge in [0.1, 0.15) is 13.2 Å². The van der Waals surface area contributed by atoms with Gasteiger partial charge in [-0.15, -0.1) is 0 Å². The summed E-state index contributed by atoms with van der Waals surface area (Å²) in [5.74, 6) is -0.891. The minimum atomic E-state index is -0.783. The van der Waals surface area contributed by atoms with E-state index in [0.717, 1.165) is 122 Å². The van der Waals surface area contributed by atoms with Gasteiger partial charge in [-0.1, -0.05) is 291 Å². The first kappa shape index (κ1) is 73.1. The van der Waals surface area contributed by atoms with E-state index >= 15 is 0 Å². The first-order valence-corrected chi connectivity index (χ1v) is 32.4. The summed E-state index contributed by atoms with van der Waals surface area (Å²) in [6, 6.07) is 0. The van der Waals surface area contributed by atoms with Crippen molar-refractivity contribution in [2.75, 3.05) is 13.2 Å². The molecule has 0 heterocycles. The Morgan fingerprint density at radius 3 is 0.844 bits per heavy atom.